The van der Waals surface area contributed by atoms with Crippen molar-refractivity contribution in [3.63, 3.8) is 0 Å². The number of hydrogen-bond donors (Lipinski definition) is 0. The lowest BCUT2D eigenvalue weighted by molar-refractivity contribution is 0.658. The van der Waals surface area contributed by atoms with Crippen LogP contribution in [0.1, 0.15) is 17.2 Å². The van der Waals surface area contributed by atoms with Gasteiger partial charge in [-0.25, -0.2) is 4.98 Å². The summed E-state index contributed by atoms with van der Waals surface area (Å²) in [5.74, 6) is 0.799. The molecule has 0 bridgehead atoms. The third-order valence-electron chi connectivity index (χ3n) is 3.39. The molecular formula is C15H15N5. The maximum absolute atomic E-state index is 8.97. The van der Waals surface area contributed by atoms with Crippen LogP contribution in [0, 0.1) is 18.3 Å². The molecule has 3 rings (SSSR count). The van der Waals surface area contributed by atoms with Crippen LogP contribution < -0.4 is 0 Å². The molecule has 0 spiro atoms. The molecule has 5 nitrogen and oxygen atoms in total. The van der Waals surface area contributed by atoms with Crippen molar-refractivity contribution >= 4 is 11.0 Å². The molecule has 3 aromatic rings. The Balaban J connectivity index is 2.11. The van der Waals surface area contributed by atoms with Crippen LogP contribution in [0.5, 0.6) is 0 Å². The molecule has 5 heteroatoms. The summed E-state index contributed by atoms with van der Waals surface area (Å²) in [5.41, 5.74) is 4.08. The van der Waals surface area contributed by atoms with Crippen LogP contribution in [0.25, 0.3) is 11.0 Å². The van der Waals surface area contributed by atoms with Gasteiger partial charge in [-0.3, -0.25) is 4.68 Å². The fourth-order valence-electron chi connectivity index (χ4n) is 2.48. The van der Waals surface area contributed by atoms with E-state index in [1.165, 1.54) is 0 Å². The number of nitriles is 1. The number of aromatic nitrogens is 4. The third kappa shape index (κ3) is 2.05. The average molecular weight is 265 g/mol. The minimum atomic E-state index is 0.311. The Labute approximate surface area is 117 Å². The van der Waals surface area contributed by atoms with E-state index >= 15 is 0 Å². The average Bonchev–Trinajstić information content (AvgIpc) is 2.92. The summed E-state index contributed by atoms with van der Waals surface area (Å²) in [5, 5.41) is 13.3. The molecule has 1 aromatic carbocycles. The van der Waals surface area contributed by atoms with Gasteiger partial charge in [0.05, 0.1) is 41.5 Å². The number of hydrogen-bond acceptors (Lipinski definition) is 3. The largest absolute Gasteiger partial charge is 0.321 e. The molecule has 0 N–H and O–H groups in total. The fraction of sp³-hybridized carbons (Fsp3) is 0.267. The van der Waals surface area contributed by atoms with Crippen LogP contribution in [-0.2, 0) is 20.0 Å². The Morgan fingerprint density at radius 2 is 2.10 bits per heavy atom. The number of para-hydroxylation sites is 2. The van der Waals surface area contributed by atoms with E-state index in [1.807, 2.05) is 42.9 Å². The SMILES string of the molecule is Cc1cc(Cn2c(CC#N)nc3ccccc32)n(C)n1. The second-order valence-electron chi connectivity index (χ2n) is 4.84. The maximum Gasteiger partial charge on any atom is 0.124 e. The van der Waals surface area contributed by atoms with Gasteiger partial charge in [0.25, 0.3) is 0 Å². The summed E-state index contributed by atoms with van der Waals surface area (Å²) < 4.78 is 3.97. The summed E-state index contributed by atoms with van der Waals surface area (Å²) in [4.78, 5) is 4.55. The topological polar surface area (TPSA) is 59.4 Å². The molecule has 2 heterocycles. The molecule has 0 radical (unpaired) electrons. The van der Waals surface area contributed by atoms with Gasteiger partial charge in [0.1, 0.15) is 5.82 Å². The van der Waals surface area contributed by atoms with Gasteiger partial charge in [0.2, 0.25) is 0 Å². The van der Waals surface area contributed by atoms with Crippen LogP contribution in [0.15, 0.2) is 30.3 Å². The second-order valence-corrected chi connectivity index (χ2v) is 4.84. The van der Waals surface area contributed by atoms with E-state index in [2.05, 4.69) is 26.8 Å². The number of aryl methyl sites for hydroxylation is 2. The molecule has 0 saturated heterocycles. The highest BCUT2D eigenvalue weighted by Crippen LogP contribution is 2.18. The molecule has 0 aliphatic heterocycles. The first-order valence-corrected chi connectivity index (χ1v) is 6.49. The molecule has 0 unspecified atom stereocenters. The van der Waals surface area contributed by atoms with E-state index in [-0.39, 0.29) is 0 Å². The predicted molar refractivity (Wildman–Crippen MR) is 76.1 cm³/mol. The lowest BCUT2D eigenvalue weighted by Crippen LogP contribution is -2.08. The summed E-state index contributed by atoms with van der Waals surface area (Å²) in [7, 11) is 1.94. The molecule has 0 fully saturated rings. The van der Waals surface area contributed by atoms with E-state index in [4.69, 9.17) is 5.26 Å². The van der Waals surface area contributed by atoms with E-state index in [9.17, 15) is 0 Å². The van der Waals surface area contributed by atoms with Crippen molar-refractivity contribution in [2.24, 2.45) is 7.05 Å². The van der Waals surface area contributed by atoms with Gasteiger partial charge >= 0.3 is 0 Å². The Morgan fingerprint density at radius 3 is 2.80 bits per heavy atom. The number of benzene rings is 1. The lowest BCUT2D eigenvalue weighted by Gasteiger charge is -2.07. The van der Waals surface area contributed by atoms with Crippen LogP contribution >= 0.6 is 0 Å². The molecule has 20 heavy (non-hydrogen) atoms. The molecule has 0 amide bonds. The highest BCUT2D eigenvalue weighted by molar-refractivity contribution is 5.76. The van der Waals surface area contributed by atoms with Crippen LogP contribution in [0.4, 0.5) is 0 Å². The van der Waals surface area contributed by atoms with Gasteiger partial charge < -0.3 is 4.57 Å². The Hall–Kier alpha value is -2.61. The zero-order valence-electron chi connectivity index (χ0n) is 11.5. The number of fused-ring (bicyclic) bond motifs is 1. The van der Waals surface area contributed by atoms with E-state index in [1.54, 1.807) is 0 Å². The van der Waals surface area contributed by atoms with Crippen LogP contribution in [0.2, 0.25) is 0 Å². The second kappa shape index (κ2) is 4.82. The summed E-state index contributed by atoms with van der Waals surface area (Å²) >= 11 is 0. The minimum Gasteiger partial charge on any atom is -0.321 e. The minimum absolute atomic E-state index is 0.311. The number of nitrogens with zero attached hydrogens (tertiary/aromatic N) is 5. The quantitative estimate of drug-likeness (QED) is 0.729. The normalized spacial score (nSPS) is 10.8. The fourth-order valence-corrected chi connectivity index (χ4v) is 2.48. The van der Waals surface area contributed by atoms with Crippen LogP contribution in [-0.4, -0.2) is 19.3 Å². The first-order chi connectivity index (χ1) is 9.69. The van der Waals surface area contributed by atoms with Crippen molar-refractivity contribution in [1.82, 2.24) is 19.3 Å². The standard InChI is InChI=1S/C15H15N5/c1-11-9-12(19(2)18-11)10-20-14-6-4-3-5-13(14)17-15(20)7-8-16/h3-6,9H,7,10H2,1-2H3. The van der Waals surface area contributed by atoms with E-state index in [0.717, 1.165) is 28.2 Å². The van der Waals surface area contributed by atoms with Crippen molar-refractivity contribution in [1.29, 1.82) is 5.26 Å². The third-order valence-corrected chi connectivity index (χ3v) is 3.39. The Morgan fingerprint density at radius 1 is 1.30 bits per heavy atom. The molecule has 0 aliphatic rings. The summed E-state index contributed by atoms with van der Waals surface area (Å²) in [6.07, 6.45) is 0.311. The summed E-state index contributed by atoms with van der Waals surface area (Å²) in [6, 6.07) is 12.2. The molecule has 0 aliphatic carbocycles. The van der Waals surface area contributed by atoms with Gasteiger partial charge in [-0.2, -0.15) is 10.4 Å². The maximum atomic E-state index is 8.97. The van der Waals surface area contributed by atoms with Crippen molar-refractivity contribution in [3.8, 4) is 6.07 Å². The zero-order valence-corrected chi connectivity index (χ0v) is 11.5. The van der Waals surface area contributed by atoms with Crippen LogP contribution in [0.3, 0.4) is 0 Å². The molecule has 0 saturated carbocycles. The van der Waals surface area contributed by atoms with Crippen molar-refractivity contribution in [2.45, 2.75) is 19.9 Å². The molecular weight excluding hydrogens is 250 g/mol. The van der Waals surface area contributed by atoms with Gasteiger partial charge in [-0.05, 0) is 25.1 Å². The Bertz CT molecular complexity index is 803. The molecule has 100 valence electrons. The smallest absolute Gasteiger partial charge is 0.124 e. The van der Waals surface area contributed by atoms with E-state index in [0.29, 0.717) is 13.0 Å². The molecule has 0 atom stereocenters. The van der Waals surface area contributed by atoms with Gasteiger partial charge in [0, 0.05) is 7.05 Å². The first kappa shape index (κ1) is 12.4. The van der Waals surface area contributed by atoms with Crippen molar-refractivity contribution < 1.29 is 0 Å². The van der Waals surface area contributed by atoms with Crippen molar-refractivity contribution in [3.05, 3.63) is 47.5 Å². The summed E-state index contributed by atoms with van der Waals surface area (Å²) in [6.45, 7) is 2.65. The van der Waals surface area contributed by atoms with Gasteiger partial charge in [-0.15, -0.1) is 0 Å². The Kier molecular flexibility index (Phi) is 2.99. The lowest BCUT2D eigenvalue weighted by atomic mass is 10.3. The van der Waals surface area contributed by atoms with Crippen molar-refractivity contribution in [2.75, 3.05) is 0 Å². The highest BCUT2D eigenvalue weighted by Gasteiger charge is 2.12. The number of imidazole rings is 1. The van der Waals surface area contributed by atoms with Gasteiger partial charge in [0.15, 0.2) is 0 Å². The monoisotopic (exact) mass is 265 g/mol. The number of rotatable bonds is 3. The predicted octanol–water partition coefficient (Wildman–Crippen LogP) is 2.19. The highest BCUT2D eigenvalue weighted by atomic mass is 15.3. The molecule has 2 aromatic heterocycles. The van der Waals surface area contributed by atoms with Gasteiger partial charge in [-0.1, -0.05) is 12.1 Å². The first-order valence-electron chi connectivity index (χ1n) is 6.49. The zero-order chi connectivity index (χ0) is 14.1. The van der Waals surface area contributed by atoms with E-state index < -0.39 is 0 Å².